The molecule has 0 heterocycles. The van der Waals surface area contributed by atoms with E-state index in [9.17, 15) is 23.3 Å². The Hall–Kier alpha value is -2.57. The second-order valence-corrected chi connectivity index (χ2v) is 7.47. The number of rotatable bonds is 5. The van der Waals surface area contributed by atoms with Crippen molar-refractivity contribution in [3.63, 3.8) is 0 Å². The van der Waals surface area contributed by atoms with Crippen molar-refractivity contribution in [1.82, 2.24) is 0 Å². The lowest BCUT2D eigenvalue weighted by atomic mass is 9.61. The highest BCUT2D eigenvalue weighted by Crippen LogP contribution is 2.46. The molecule has 0 spiro atoms. The fourth-order valence-corrected chi connectivity index (χ4v) is 3.02. The molecule has 0 aliphatic rings. The van der Waals surface area contributed by atoms with E-state index in [0.717, 1.165) is 12.1 Å². The molecule has 0 N–H and O–H groups in total. The Balaban J connectivity index is 2.50. The molecule has 2 aromatic rings. The molecule has 0 saturated heterocycles. The van der Waals surface area contributed by atoms with Crippen LogP contribution in [-0.2, 0) is 17.0 Å². The zero-order valence-electron chi connectivity index (χ0n) is 15.8. The third-order valence-electron chi connectivity index (χ3n) is 5.59. The number of halogens is 3. The first-order valence-electron chi connectivity index (χ1n) is 8.33. The summed E-state index contributed by atoms with van der Waals surface area (Å²) < 4.78 is 43.5. The molecule has 0 radical (unpaired) electrons. The van der Waals surface area contributed by atoms with Crippen molar-refractivity contribution in [1.29, 1.82) is 0 Å². The van der Waals surface area contributed by atoms with Crippen LogP contribution in [0.5, 0.6) is 5.75 Å². The highest BCUT2D eigenvalue weighted by molar-refractivity contribution is 5.51. The van der Waals surface area contributed by atoms with Crippen molar-refractivity contribution in [3.8, 4) is 5.75 Å². The molecule has 0 atom stereocenters. The standard InChI is InChI=1S/C20H22F3NO3/c1-18(2,13-6-8-14(9-7-13)20(21,22)23)19(3,4)15-10-11-17(27-5)16(12-15)24(25)26/h6-12H,1-5H3. The summed E-state index contributed by atoms with van der Waals surface area (Å²) >= 11 is 0. The summed E-state index contributed by atoms with van der Waals surface area (Å²) in [6.45, 7) is 7.64. The third-order valence-corrected chi connectivity index (χ3v) is 5.59. The lowest BCUT2D eigenvalue weighted by molar-refractivity contribution is -0.385. The summed E-state index contributed by atoms with van der Waals surface area (Å²) in [5, 5.41) is 11.3. The highest BCUT2D eigenvalue weighted by atomic mass is 19.4. The summed E-state index contributed by atoms with van der Waals surface area (Å²) in [4.78, 5) is 10.8. The van der Waals surface area contributed by atoms with E-state index in [0.29, 0.717) is 11.1 Å². The SMILES string of the molecule is COc1ccc(C(C)(C)C(C)(C)c2ccc(C(F)(F)F)cc2)cc1[N+](=O)[O-]. The molecule has 0 amide bonds. The maximum atomic E-state index is 12.8. The minimum absolute atomic E-state index is 0.147. The van der Waals surface area contributed by atoms with Gasteiger partial charge in [0.15, 0.2) is 5.75 Å². The van der Waals surface area contributed by atoms with Crippen molar-refractivity contribution in [2.45, 2.75) is 44.7 Å². The van der Waals surface area contributed by atoms with Gasteiger partial charge in [-0.3, -0.25) is 10.1 Å². The Bertz CT molecular complexity index is 841. The van der Waals surface area contributed by atoms with Crippen molar-refractivity contribution in [2.75, 3.05) is 7.11 Å². The largest absolute Gasteiger partial charge is 0.490 e. The molecular weight excluding hydrogens is 359 g/mol. The molecule has 0 fully saturated rings. The number of ether oxygens (including phenoxy) is 1. The molecule has 0 aromatic heterocycles. The monoisotopic (exact) mass is 381 g/mol. The van der Waals surface area contributed by atoms with E-state index in [1.54, 1.807) is 6.07 Å². The van der Waals surface area contributed by atoms with Gasteiger partial charge in [-0.25, -0.2) is 0 Å². The normalized spacial score (nSPS) is 12.7. The average molecular weight is 381 g/mol. The van der Waals surface area contributed by atoms with E-state index < -0.39 is 27.5 Å². The molecular formula is C20H22F3NO3. The third kappa shape index (κ3) is 3.77. The van der Waals surface area contributed by atoms with Crippen molar-refractivity contribution in [2.24, 2.45) is 0 Å². The molecule has 7 heteroatoms. The number of nitro benzene ring substituents is 1. The molecule has 0 saturated carbocycles. The second kappa shape index (κ2) is 6.87. The van der Waals surface area contributed by atoms with Gasteiger partial charge in [0.2, 0.25) is 0 Å². The maximum Gasteiger partial charge on any atom is 0.416 e. The Kier molecular flexibility index (Phi) is 5.27. The molecule has 0 aliphatic carbocycles. The number of benzene rings is 2. The minimum atomic E-state index is -4.39. The number of hydrogen-bond donors (Lipinski definition) is 0. The summed E-state index contributed by atoms with van der Waals surface area (Å²) in [6.07, 6.45) is -4.39. The van der Waals surface area contributed by atoms with Gasteiger partial charge in [-0.15, -0.1) is 0 Å². The van der Waals surface area contributed by atoms with Crippen LogP contribution in [0.25, 0.3) is 0 Å². The molecule has 0 bridgehead atoms. The second-order valence-electron chi connectivity index (χ2n) is 7.47. The molecule has 0 unspecified atom stereocenters. The van der Waals surface area contributed by atoms with Gasteiger partial charge in [0.05, 0.1) is 17.6 Å². The summed E-state index contributed by atoms with van der Waals surface area (Å²) in [6, 6.07) is 9.79. The number of alkyl halides is 3. The molecule has 2 aromatic carbocycles. The van der Waals surface area contributed by atoms with Crippen LogP contribution in [0.4, 0.5) is 18.9 Å². The van der Waals surface area contributed by atoms with E-state index in [2.05, 4.69) is 0 Å². The smallest absolute Gasteiger partial charge is 0.416 e. The van der Waals surface area contributed by atoms with Gasteiger partial charge in [-0.05, 0) is 40.2 Å². The molecule has 4 nitrogen and oxygen atoms in total. The van der Waals surface area contributed by atoms with E-state index in [1.165, 1.54) is 31.4 Å². The van der Waals surface area contributed by atoms with E-state index in [4.69, 9.17) is 4.74 Å². The van der Waals surface area contributed by atoms with Crippen molar-refractivity contribution in [3.05, 3.63) is 69.3 Å². The van der Waals surface area contributed by atoms with Crippen molar-refractivity contribution < 1.29 is 22.8 Å². The predicted octanol–water partition coefficient (Wildman–Crippen LogP) is 5.88. The van der Waals surface area contributed by atoms with Crippen LogP contribution in [0.2, 0.25) is 0 Å². The highest BCUT2D eigenvalue weighted by Gasteiger charge is 2.41. The first-order chi connectivity index (χ1) is 12.3. The van der Waals surface area contributed by atoms with E-state index >= 15 is 0 Å². The van der Waals surface area contributed by atoms with E-state index in [-0.39, 0.29) is 11.4 Å². The molecule has 27 heavy (non-hydrogen) atoms. The van der Waals surface area contributed by atoms with Gasteiger partial charge in [-0.1, -0.05) is 45.9 Å². The molecule has 2 rings (SSSR count). The number of hydrogen-bond acceptors (Lipinski definition) is 3. The summed E-state index contributed by atoms with van der Waals surface area (Å²) in [7, 11) is 1.36. The van der Waals surface area contributed by atoms with Gasteiger partial charge in [0.25, 0.3) is 0 Å². The Morgan fingerprint density at radius 3 is 1.74 bits per heavy atom. The Labute approximate surface area is 156 Å². The first kappa shape index (κ1) is 20.7. The summed E-state index contributed by atoms with van der Waals surface area (Å²) in [5.41, 5.74) is -0.659. The Morgan fingerprint density at radius 1 is 0.852 bits per heavy atom. The van der Waals surface area contributed by atoms with Gasteiger partial charge in [0.1, 0.15) is 0 Å². The van der Waals surface area contributed by atoms with Crippen LogP contribution in [-0.4, -0.2) is 12.0 Å². The summed E-state index contributed by atoms with van der Waals surface area (Å²) in [5.74, 6) is 0.159. The zero-order chi connectivity index (χ0) is 20.6. The molecule has 146 valence electrons. The van der Waals surface area contributed by atoms with Crippen LogP contribution in [0, 0.1) is 10.1 Å². The Morgan fingerprint density at radius 2 is 1.30 bits per heavy atom. The fourth-order valence-electron chi connectivity index (χ4n) is 3.02. The van der Waals surface area contributed by atoms with Gasteiger partial charge < -0.3 is 4.74 Å². The van der Waals surface area contributed by atoms with Crippen LogP contribution in [0.1, 0.15) is 44.4 Å². The van der Waals surface area contributed by atoms with Gasteiger partial charge in [0, 0.05) is 6.07 Å². The zero-order valence-corrected chi connectivity index (χ0v) is 15.8. The van der Waals surface area contributed by atoms with Crippen LogP contribution >= 0.6 is 0 Å². The predicted molar refractivity (Wildman–Crippen MR) is 97.1 cm³/mol. The van der Waals surface area contributed by atoms with E-state index in [1.807, 2.05) is 27.7 Å². The lowest BCUT2D eigenvalue weighted by Crippen LogP contribution is -2.40. The van der Waals surface area contributed by atoms with Crippen LogP contribution < -0.4 is 4.74 Å². The fraction of sp³-hybridized carbons (Fsp3) is 0.400. The molecule has 0 aliphatic heterocycles. The number of nitro groups is 1. The quantitative estimate of drug-likeness (QED) is 0.480. The average Bonchev–Trinajstić information content (AvgIpc) is 2.60. The van der Waals surface area contributed by atoms with Gasteiger partial charge in [-0.2, -0.15) is 13.2 Å². The topological polar surface area (TPSA) is 52.4 Å². The number of nitrogens with zero attached hydrogens (tertiary/aromatic N) is 1. The van der Waals surface area contributed by atoms with Gasteiger partial charge >= 0.3 is 11.9 Å². The van der Waals surface area contributed by atoms with Crippen LogP contribution in [0.3, 0.4) is 0 Å². The van der Waals surface area contributed by atoms with Crippen LogP contribution in [0.15, 0.2) is 42.5 Å². The minimum Gasteiger partial charge on any atom is -0.490 e. The van der Waals surface area contributed by atoms with Crippen molar-refractivity contribution >= 4 is 5.69 Å². The number of methoxy groups -OCH3 is 1. The lowest BCUT2D eigenvalue weighted by Gasteiger charge is -2.43. The maximum absolute atomic E-state index is 12.8. The first-order valence-corrected chi connectivity index (χ1v) is 8.33.